The zero-order valence-electron chi connectivity index (χ0n) is 14.0. The molecule has 24 heavy (non-hydrogen) atoms. The molecule has 5 heteroatoms. The third kappa shape index (κ3) is 3.45. The van der Waals surface area contributed by atoms with E-state index in [9.17, 15) is 4.79 Å². The average Bonchev–Trinajstić information content (AvgIpc) is 3.12. The van der Waals surface area contributed by atoms with Gasteiger partial charge < -0.3 is 19.7 Å². The molecule has 1 heterocycles. The summed E-state index contributed by atoms with van der Waals surface area (Å²) in [5.41, 5.74) is 1.87. The standard InChI is InChI=1S/C19H22N2O3/c1-23-16-10-8-14(9-11-16)18-7-4-12-21(18)19(22)20-15-5-3-6-17(13-15)24-2/h3,5-6,8-11,13,18H,4,7,12H2,1-2H3,(H,20,22). The number of carbonyl (C=O) groups excluding carboxylic acids is 1. The number of carbonyl (C=O) groups is 1. The minimum Gasteiger partial charge on any atom is -0.497 e. The van der Waals surface area contributed by atoms with Gasteiger partial charge in [-0.15, -0.1) is 0 Å². The first-order valence-electron chi connectivity index (χ1n) is 8.07. The lowest BCUT2D eigenvalue weighted by Gasteiger charge is -2.25. The molecule has 1 unspecified atom stereocenters. The SMILES string of the molecule is COc1ccc(C2CCCN2C(=O)Nc2cccc(OC)c2)cc1. The lowest BCUT2D eigenvalue weighted by atomic mass is 10.0. The second-order valence-corrected chi connectivity index (χ2v) is 5.79. The van der Waals surface area contributed by atoms with Crippen LogP contribution in [0, 0.1) is 0 Å². The molecule has 0 bridgehead atoms. The Morgan fingerprint density at radius 1 is 1.08 bits per heavy atom. The quantitative estimate of drug-likeness (QED) is 0.921. The van der Waals surface area contributed by atoms with E-state index in [1.807, 2.05) is 53.4 Å². The number of benzene rings is 2. The van der Waals surface area contributed by atoms with Crippen LogP contribution in [0.2, 0.25) is 0 Å². The summed E-state index contributed by atoms with van der Waals surface area (Å²) >= 11 is 0. The van der Waals surface area contributed by atoms with Crippen LogP contribution in [0.1, 0.15) is 24.4 Å². The number of hydrogen-bond donors (Lipinski definition) is 1. The van der Waals surface area contributed by atoms with Gasteiger partial charge in [-0.1, -0.05) is 18.2 Å². The monoisotopic (exact) mass is 326 g/mol. The Kier molecular flexibility index (Phi) is 4.89. The van der Waals surface area contributed by atoms with E-state index in [2.05, 4.69) is 5.32 Å². The molecule has 126 valence electrons. The maximum atomic E-state index is 12.7. The highest BCUT2D eigenvalue weighted by Gasteiger charge is 2.30. The number of nitrogens with zero attached hydrogens (tertiary/aromatic N) is 1. The Bertz CT molecular complexity index is 700. The predicted molar refractivity (Wildman–Crippen MR) is 93.7 cm³/mol. The first kappa shape index (κ1) is 16.2. The number of likely N-dealkylation sites (tertiary alicyclic amines) is 1. The molecule has 2 amide bonds. The van der Waals surface area contributed by atoms with Crippen LogP contribution in [-0.4, -0.2) is 31.7 Å². The van der Waals surface area contributed by atoms with Crippen LogP contribution in [0.15, 0.2) is 48.5 Å². The van der Waals surface area contributed by atoms with Gasteiger partial charge in [0.25, 0.3) is 0 Å². The van der Waals surface area contributed by atoms with E-state index in [1.54, 1.807) is 14.2 Å². The zero-order valence-corrected chi connectivity index (χ0v) is 14.0. The van der Waals surface area contributed by atoms with Crippen molar-refractivity contribution in [1.82, 2.24) is 4.90 Å². The Hall–Kier alpha value is -2.69. The van der Waals surface area contributed by atoms with E-state index in [-0.39, 0.29) is 12.1 Å². The van der Waals surface area contributed by atoms with Gasteiger partial charge in [0.1, 0.15) is 11.5 Å². The molecule has 1 fully saturated rings. The van der Waals surface area contributed by atoms with Crippen molar-refractivity contribution in [1.29, 1.82) is 0 Å². The maximum absolute atomic E-state index is 12.7. The minimum atomic E-state index is -0.0819. The summed E-state index contributed by atoms with van der Waals surface area (Å²) in [4.78, 5) is 14.6. The van der Waals surface area contributed by atoms with E-state index < -0.39 is 0 Å². The maximum Gasteiger partial charge on any atom is 0.322 e. The number of urea groups is 1. The summed E-state index contributed by atoms with van der Waals surface area (Å²) in [6.07, 6.45) is 1.97. The van der Waals surface area contributed by atoms with Gasteiger partial charge in [0.15, 0.2) is 0 Å². The molecule has 3 rings (SSSR count). The third-order valence-corrected chi connectivity index (χ3v) is 4.34. The van der Waals surface area contributed by atoms with Crippen molar-refractivity contribution in [3.05, 3.63) is 54.1 Å². The van der Waals surface area contributed by atoms with Crippen molar-refractivity contribution in [3.8, 4) is 11.5 Å². The van der Waals surface area contributed by atoms with E-state index in [0.29, 0.717) is 0 Å². The number of anilines is 1. The smallest absolute Gasteiger partial charge is 0.322 e. The lowest BCUT2D eigenvalue weighted by molar-refractivity contribution is 0.207. The van der Waals surface area contributed by atoms with Crippen molar-refractivity contribution in [2.45, 2.75) is 18.9 Å². The first-order valence-corrected chi connectivity index (χ1v) is 8.07. The van der Waals surface area contributed by atoms with Crippen molar-refractivity contribution in [2.24, 2.45) is 0 Å². The van der Waals surface area contributed by atoms with Crippen LogP contribution in [0.25, 0.3) is 0 Å². The predicted octanol–water partition coefficient (Wildman–Crippen LogP) is 4.07. The minimum absolute atomic E-state index is 0.0819. The second kappa shape index (κ2) is 7.25. The summed E-state index contributed by atoms with van der Waals surface area (Å²) in [5.74, 6) is 1.55. The van der Waals surface area contributed by atoms with Crippen LogP contribution < -0.4 is 14.8 Å². The molecule has 0 spiro atoms. The zero-order chi connectivity index (χ0) is 16.9. The number of nitrogens with one attached hydrogen (secondary N) is 1. The average molecular weight is 326 g/mol. The van der Waals surface area contributed by atoms with Crippen molar-refractivity contribution in [3.63, 3.8) is 0 Å². The van der Waals surface area contributed by atoms with Gasteiger partial charge in [-0.25, -0.2) is 4.79 Å². The van der Waals surface area contributed by atoms with E-state index in [0.717, 1.165) is 42.1 Å². The van der Waals surface area contributed by atoms with Crippen LogP contribution in [0.5, 0.6) is 11.5 Å². The van der Waals surface area contributed by atoms with Gasteiger partial charge in [-0.2, -0.15) is 0 Å². The van der Waals surface area contributed by atoms with Crippen LogP contribution in [0.3, 0.4) is 0 Å². The molecule has 1 atom stereocenters. The topological polar surface area (TPSA) is 50.8 Å². The van der Waals surface area contributed by atoms with Gasteiger partial charge in [0.05, 0.1) is 20.3 Å². The van der Waals surface area contributed by atoms with E-state index >= 15 is 0 Å². The fourth-order valence-electron chi connectivity index (χ4n) is 3.08. The molecule has 2 aromatic rings. The Balaban J connectivity index is 1.72. The summed E-state index contributed by atoms with van der Waals surface area (Å²) < 4.78 is 10.4. The summed E-state index contributed by atoms with van der Waals surface area (Å²) in [6, 6.07) is 15.3. The first-order chi connectivity index (χ1) is 11.7. The van der Waals surface area contributed by atoms with Crippen molar-refractivity contribution in [2.75, 3.05) is 26.1 Å². The van der Waals surface area contributed by atoms with Gasteiger partial charge in [-0.05, 0) is 42.7 Å². The summed E-state index contributed by atoms with van der Waals surface area (Å²) in [6.45, 7) is 0.756. The van der Waals surface area contributed by atoms with Gasteiger partial charge in [0, 0.05) is 18.3 Å². The fourth-order valence-corrected chi connectivity index (χ4v) is 3.08. The molecule has 1 saturated heterocycles. The van der Waals surface area contributed by atoms with Gasteiger partial charge in [0.2, 0.25) is 0 Å². The highest BCUT2D eigenvalue weighted by atomic mass is 16.5. The van der Waals surface area contributed by atoms with Crippen molar-refractivity contribution < 1.29 is 14.3 Å². The van der Waals surface area contributed by atoms with Gasteiger partial charge in [-0.3, -0.25) is 0 Å². The van der Waals surface area contributed by atoms with Crippen molar-refractivity contribution >= 4 is 11.7 Å². The highest BCUT2D eigenvalue weighted by molar-refractivity contribution is 5.90. The molecule has 2 aromatic carbocycles. The van der Waals surface area contributed by atoms with Crippen LogP contribution in [-0.2, 0) is 0 Å². The number of ether oxygens (including phenoxy) is 2. The number of amides is 2. The number of rotatable bonds is 4. The molecular weight excluding hydrogens is 304 g/mol. The number of hydrogen-bond acceptors (Lipinski definition) is 3. The molecule has 1 aliphatic heterocycles. The normalized spacial score (nSPS) is 16.8. The Labute approximate surface area is 142 Å². The Morgan fingerprint density at radius 3 is 2.54 bits per heavy atom. The van der Waals surface area contributed by atoms with Crippen LogP contribution in [0.4, 0.5) is 10.5 Å². The van der Waals surface area contributed by atoms with Gasteiger partial charge >= 0.3 is 6.03 Å². The number of methoxy groups -OCH3 is 2. The Morgan fingerprint density at radius 2 is 1.83 bits per heavy atom. The highest BCUT2D eigenvalue weighted by Crippen LogP contribution is 2.33. The molecule has 0 radical (unpaired) electrons. The van der Waals surface area contributed by atoms with Crippen LogP contribution >= 0.6 is 0 Å². The molecule has 0 aliphatic carbocycles. The molecule has 0 saturated carbocycles. The second-order valence-electron chi connectivity index (χ2n) is 5.79. The molecule has 5 nitrogen and oxygen atoms in total. The largest absolute Gasteiger partial charge is 0.497 e. The molecular formula is C19H22N2O3. The summed E-state index contributed by atoms with van der Waals surface area (Å²) in [5, 5.41) is 2.96. The van der Waals surface area contributed by atoms with E-state index in [1.165, 1.54) is 0 Å². The molecule has 0 aromatic heterocycles. The third-order valence-electron chi connectivity index (χ3n) is 4.34. The summed E-state index contributed by atoms with van der Waals surface area (Å²) in [7, 11) is 3.26. The lowest BCUT2D eigenvalue weighted by Crippen LogP contribution is -2.34. The molecule has 1 N–H and O–H groups in total. The van der Waals surface area contributed by atoms with E-state index in [4.69, 9.17) is 9.47 Å². The fraction of sp³-hybridized carbons (Fsp3) is 0.316. The molecule has 1 aliphatic rings.